The van der Waals surface area contributed by atoms with E-state index in [1.165, 1.54) is 0 Å². The van der Waals surface area contributed by atoms with Gasteiger partial charge in [0.1, 0.15) is 5.75 Å². The number of rotatable bonds is 2. The van der Waals surface area contributed by atoms with E-state index in [0.717, 1.165) is 11.3 Å². The molecule has 1 aromatic carbocycles. The number of benzene rings is 1. The van der Waals surface area contributed by atoms with Gasteiger partial charge in [0, 0.05) is 6.20 Å². The number of nitrogens with zero attached hydrogens (tertiary/aromatic N) is 1. The number of hydrogen-bond acceptors (Lipinski definition) is 4. The van der Waals surface area contributed by atoms with Gasteiger partial charge in [-0.25, -0.2) is 9.90 Å². The Morgan fingerprint density at radius 3 is 3.00 bits per heavy atom. The highest BCUT2D eigenvalue weighted by Gasteiger charge is 2.56. The van der Waals surface area contributed by atoms with E-state index in [9.17, 15) is 0 Å². The first-order valence-corrected chi connectivity index (χ1v) is 5.10. The number of fused-ring (bicyclic) bond motifs is 1. The van der Waals surface area contributed by atoms with Gasteiger partial charge in [-0.2, -0.15) is 0 Å². The van der Waals surface area contributed by atoms with Crippen LogP contribution in [-0.4, -0.2) is 10.9 Å². The van der Waals surface area contributed by atoms with Crippen LogP contribution in [0.4, 0.5) is 0 Å². The highest BCUT2D eigenvalue weighted by molar-refractivity contribution is 5.36. The average Bonchev–Trinajstić information content (AvgIpc) is 2.95. The van der Waals surface area contributed by atoms with E-state index < -0.39 is 5.85 Å². The maximum absolute atomic E-state index is 5.95. The molecule has 16 heavy (non-hydrogen) atoms. The SMILES string of the molecule is Cc1ccccc1OC1=CC=CN2OC12N. The van der Waals surface area contributed by atoms with Crippen molar-refractivity contribution in [2.45, 2.75) is 12.8 Å². The summed E-state index contributed by atoms with van der Waals surface area (Å²) in [4.78, 5) is 5.22. The van der Waals surface area contributed by atoms with Crippen molar-refractivity contribution < 1.29 is 9.57 Å². The molecule has 1 unspecified atom stereocenters. The molecule has 2 aliphatic heterocycles. The van der Waals surface area contributed by atoms with Crippen LogP contribution in [0, 0.1) is 6.92 Å². The minimum absolute atomic E-state index is 0.601. The van der Waals surface area contributed by atoms with Crippen molar-refractivity contribution in [2.75, 3.05) is 0 Å². The summed E-state index contributed by atoms with van der Waals surface area (Å²) in [5.41, 5.74) is 7.02. The lowest BCUT2D eigenvalue weighted by molar-refractivity contribution is 0.228. The summed E-state index contributed by atoms with van der Waals surface area (Å²) < 4.78 is 5.76. The van der Waals surface area contributed by atoms with Crippen LogP contribution in [0.2, 0.25) is 0 Å². The van der Waals surface area contributed by atoms with Crippen molar-refractivity contribution in [3.05, 3.63) is 53.9 Å². The van der Waals surface area contributed by atoms with Crippen LogP contribution in [-0.2, 0) is 4.84 Å². The molecule has 1 fully saturated rings. The molecule has 2 heterocycles. The van der Waals surface area contributed by atoms with Crippen LogP contribution in [0.3, 0.4) is 0 Å². The van der Waals surface area contributed by atoms with Crippen molar-refractivity contribution in [3.63, 3.8) is 0 Å². The minimum atomic E-state index is -0.906. The number of allylic oxidation sites excluding steroid dienone is 2. The molecule has 0 radical (unpaired) electrons. The average molecular weight is 216 g/mol. The number of hydrogen-bond donors (Lipinski definition) is 1. The van der Waals surface area contributed by atoms with Crippen LogP contribution in [0.25, 0.3) is 0 Å². The van der Waals surface area contributed by atoms with Crippen molar-refractivity contribution >= 4 is 0 Å². The van der Waals surface area contributed by atoms with Crippen molar-refractivity contribution in [1.82, 2.24) is 5.06 Å². The van der Waals surface area contributed by atoms with Gasteiger partial charge in [-0.05, 0) is 30.7 Å². The number of nitrogens with two attached hydrogens (primary N) is 1. The Hall–Kier alpha value is -1.78. The fraction of sp³-hybridized carbons (Fsp3) is 0.167. The molecule has 1 aromatic rings. The summed E-state index contributed by atoms with van der Waals surface area (Å²) in [7, 11) is 0. The molecular weight excluding hydrogens is 204 g/mol. The Bertz CT molecular complexity index is 496. The number of hydroxylamine groups is 2. The molecule has 2 aliphatic rings. The fourth-order valence-corrected chi connectivity index (χ4v) is 1.65. The highest BCUT2D eigenvalue weighted by atomic mass is 16.9. The van der Waals surface area contributed by atoms with Crippen LogP contribution in [0.5, 0.6) is 5.75 Å². The van der Waals surface area contributed by atoms with Crippen LogP contribution >= 0.6 is 0 Å². The Kier molecular flexibility index (Phi) is 1.83. The van der Waals surface area contributed by atoms with Gasteiger partial charge < -0.3 is 4.74 Å². The third kappa shape index (κ3) is 1.31. The van der Waals surface area contributed by atoms with E-state index in [2.05, 4.69) is 0 Å². The Morgan fingerprint density at radius 2 is 2.19 bits per heavy atom. The van der Waals surface area contributed by atoms with Gasteiger partial charge in [0.2, 0.25) is 0 Å². The predicted octanol–water partition coefficient (Wildman–Crippen LogP) is 1.64. The summed E-state index contributed by atoms with van der Waals surface area (Å²) in [6.07, 6.45) is 5.42. The molecule has 82 valence electrons. The van der Waals surface area contributed by atoms with Gasteiger partial charge >= 0.3 is 5.85 Å². The topological polar surface area (TPSA) is 50.8 Å². The molecule has 4 heteroatoms. The maximum Gasteiger partial charge on any atom is 0.301 e. The Morgan fingerprint density at radius 1 is 1.38 bits per heavy atom. The third-order valence-electron chi connectivity index (χ3n) is 2.67. The molecular formula is C12H12N2O2. The number of aryl methyl sites for hydroxylation is 1. The van der Waals surface area contributed by atoms with Crippen molar-refractivity contribution in [3.8, 4) is 5.75 Å². The second-order valence-electron chi connectivity index (χ2n) is 3.85. The largest absolute Gasteiger partial charge is 0.455 e. The molecule has 0 saturated carbocycles. The van der Waals surface area contributed by atoms with Crippen LogP contribution in [0.15, 0.2) is 48.4 Å². The van der Waals surface area contributed by atoms with E-state index in [-0.39, 0.29) is 0 Å². The third-order valence-corrected chi connectivity index (χ3v) is 2.67. The first kappa shape index (κ1) is 9.45. The summed E-state index contributed by atoms with van der Waals surface area (Å²) in [5.74, 6) is 0.491. The molecule has 4 nitrogen and oxygen atoms in total. The minimum Gasteiger partial charge on any atom is -0.455 e. The van der Waals surface area contributed by atoms with E-state index >= 15 is 0 Å². The quantitative estimate of drug-likeness (QED) is 0.763. The van der Waals surface area contributed by atoms with Crippen molar-refractivity contribution in [2.24, 2.45) is 5.73 Å². The lowest BCUT2D eigenvalue weighted by atomic mass is 10.2. The van der Waals surface area contributed by atoms with Gasteiger partial charge in [0.25, 0.3) is 0 Å². The molecule has 0 aliphatic carbocycles. The highest BCUT2D eigenvalue weighted by Crippen LogP contribution is 2.40. The first-order chi connectivity index (χ1) is 7.70. The number of para-hydroxylation sites is 1. The lowest BCUT2D eigenvalue weighted by Crippen LogP contribution is -2.34. The zero-order chi connectivity index (χ0) is 11.2. The van der Waals surface area contributed by atoms with Gasteiger partial charge in [0.15, 0.2) is 5.76 Å². The van der Waals surface area contributed by atoms with E-state index in [0.29, 0.717) is 5.76 Å². The molecule has 0 bridgehead atoms. The normalized spacial score (nSPS) is 26.1. The fourth-order valence-electron chi connectivity index (χ4n) is 1.65. The Balaban J connectivity index is 1.88. The summed E-state index contributed by atoms with van der Waals surface area (Å²) in [6, 6.07) is 7.79. The lowest BCUT2D eigenvalue weighted by Gasteiger charge is -2.15. The first-order valence-electron chi connectivity index (χ1n) is 5.10. The standard InChI is InChI=1S/C12H12N2O2/c1-9-5-2-3-6-10(9)15-11-7-4-8-14-12(11,13)16-14/h2-8H,13H2,1H3. The molecule has 1 saturated heterocycles. The molecule has 0 aromatic heterocycles. The summed E-state index contributed by atoms with van der Waals surface area (Å²) in [6.45, 7) is 1.99. The smallest absolute Gasteiger partial charge is 0.301 e. The molecule has 1 atom stereocenters. The van der Waals surface area contributed by atoms with E-state index in [4.69, 9.17) is 15.3 Å². The summed E-state index contributed by atoms with van der Waals surface area (Å²) >= 11 is 0. The molecule has 0 amide bonds. The van der Waals surface area contributed by atoms with Gasteiger partial charge in [-0.15, -0.1) is 0 Å². The van der Waals surface area contributed by atoms with Gasteiger partial charge in [-0.1, -0.05) is 18.2 Å². The van der Waals surface area contributed by atoms with Gasteiger partial charge in [-0.3, -0.25) is 5.73 Å². The Labute approximate surface area is 93.5 Å². The second-order valence-corrected chi connectivity index (χ2v) is 3.85. The van der Waals surface area contributed by atoms with Crippen LogP contribution < -0.4 is 10.5 Å². The predicted molar refractivity (Wildman–Crippen MR) is 58.9 cm³/mol. The monoisotopic (exact) mass is 216 g/mol. The molecule has 2 N–H and O–H groups in total. The molecule has 0 spiro atoms. The van der Waals surface area contributed by atoms with Crippen LogP contribution in [0.1, 0.15) is 5.56 Å². The van der Waals surface area contributed by atoms with Gasteiger partial charge in [0.05, 0.1) is 0 Å². The second kappa shape index (κ2) is 3.10. The number of ether oxygens (including phenoxy) is 1. The van der Waals surface area contributed by atoms with E-state index in [1.54, 1.807) is 11.3 Å². The summed E-state index contributed by atoms with van der Waals surface area (Å²) in [5, 5.41) is 1.56. The molecule has 3 rings (SSSR count). The maximum atomic E-state index is 5.95. The van der Waals surface area contributed by atoms with E-state index in [1.807, 2.05) is 43.3 Å². The zero-order valence-corrected chi connectivity index (χ0v) is 8.88. The zero-order valence-electron chi connectivity index (χ0n) is 8.88. The van der Waals surface area contributed by atoms with Crippen molar-refractivity contribution in [1.29, 1.82) is 0 Å².